The van der Waals surface area contributed by atoms with E-state index in [4.69, 9.17) is 12.2 Å². The zero-order valence-electron chi connectivity index (χ0n) is 16.8. The number of hydrogen-bond donors (Lipinski definition) is 0. The van der Waals surface area contributed by atoms with Gasteiger partial charge in [-0.05, 0) is 24.2 Å². The molecule has 0 amide bonds. The second kappa shape index (κ2) is 8.19. The van der Waals surface area contributed by atoms with Gasteiger partial charge in [0.15, 0.2) is 14.6 Å². The third kappa shape index (κ3) is 4.26. The highest BCUT2D eigenvalue weighted by molar-refractivity contribution is 7.95. The summed E-state index contributed by atoms with van der Waals surface area (Å²) in [5.74, 6) is -0.288. The first-order chi connectivity index (χ1) is 14.2. The molecule has 2 saturated heterocycles. The number of rotatable bonds is 5. The predicted molar refractivity (Wildman–Crippen MR) is 119 cm³/mol. The average molecular weight is 471 g/mol. The van der Waals surface area contributed by atoms with E-state index in [2.05, 4.69) is 4.90 Å². The lowest BCUT2D eigenvalue weighted by atomic mass is 10.2. The smallest absolute Gasteiger partial charge is 0.218 e. The van der Waals surface area contributed by atoms with E-state index >= 15 is 0 Å². The van der Waals surface area contributed by atoms with Gasteiger partial charge in [-0.15, -0.1) is 0 Å². The van der Waals surface area contributed by atoms with Crippen LogP contribution in [0.5, 0.6) is 0 Å². The minimum absolute atomic E-state index is 0.0349. The van der Waals surface area contributed by atoms with Crippen molar-refractivity contribution in [2.45, 2.75) is 18.3 Å². The molecule has 0 aliphatic carbocycles. The van der Waals surface area contributed by atoms with E-state index in [9.17, 15) is 16.8 Å². The Balaban J connectivity index is 1.42. The minimum atomic E-state index is -3.58. The van der Waals surface area contributed by atoms with Crippen LogP contribution in [0, 0.1) is 4.77 Å². The van der Waals surface area contributed by atoms with Crippen molar-refractivity contribution in [2.24, 2.45) is 7.05 Å². The summed E-state index contributed by atoms with van der Waals surface area (Å²) in [6.07, 6.45) is 2.23. The lowest BCUT2D eigenvalue weighted by Crippen LogP contribution is -2.51. The molecule has 1 aromatic heterocycles. The summed E-state index contributed by atoms with van der Waals surface area (Å²) < 4.78 is 55.1. The van der Waals surface area contributed by atoms with Gasteiger partial charge in [0, 0.05) is 39.4 Å². The van der Waals surface area contributed by atoms with Crippen molar-refractivity contribution in [3.05, 3.63) is 41.3 Å². The zero-order valence-corrected chi connectivity index (χ0v) is 19.3. The van der Waals surface area contributed by atoms with Crippen molar-refractivity contribution in [1.82, 2.24) is 18.3 Å². The third-order valence-corrected chi connectivity index (χ3v) is 10.7. The van der Waals surface area contributed by atoms with Crippen molar-refractivity contribution in [2.75, 3.05) is 37.7 Å². The molecule has 0 spiro atoms. The molecule has 0 unspecified atom stereocenters. The number of benzene rings is 1. The topological polar surface area (TPSA) is 84.6 Å². The highest BCUT2D eigenvalue weighted by Crippen LogP contribution is 2.24. The Bertz CT molecular complexity index is 1180. The van der Waals surface area contributed by atoms with Gasteiger partial charge >= 0.3 is 0 Å². The van der Waals surface area contributed by atoms with Crippen molar-refractivity contribution in [1.29, 1.82) is 0 Å². The number of hydrogen-bond acceptors (Lipinski definition) is 6. The van der Waals surface area contributed by atoms with E-state index in [-0.39, 0.29) is 17.9 Å². The molecule has 0 bridgehead atoms. The molecule has 164 valence electrons. The van der Waals surface area contributed by atoms with Gasteiger partial charge < -0.3 is 9.13 Å². The number of aromatic nitrogens is 2. The van der Waals surface area contributed by atoms with Gasteiger partial charge in [-0.2, -0.15) is 4.31 Å². The highest BCUT2D eigenvalue weighted by Gasteiger charge is 2.41. The van der Waals surface area contributed by atoms with Crippen molar-refractivity contribution < 1.29 is 16.8 Å². The molecule has 4 rings (SSSR count). The van der Waals surface area contributed by atoms with Gasteiger partial charge in [-0.25, -0.2) is 16.8 Å². The fourth-order valence-corrected chi connectivity index (χ4v) is 8.83. The predicted octanol–water partition coefficient (Wildman–Crippen LogP) is 1.32. The lowest BCUT2D eigenvalue weighted by Gasteiger charge is -2.35. The van der Waals surface area contributed by atoms with Gasteiger partial charge in [0.1, 0.15) is 0 Å². The zero-order chi connectivity index (χ0) is 21.5. The molecule has 2 aromatic rings. The van der Waals surface area contributed by atoms with Crippen LogP contribution in [-0.2, 0) is 33.6 Å². The van der Waals surface area contributed by atoms with E-state index in [1.165, 1.54) is 4.31 Å². The Morgan fingerprint density at radius 2 is 1.77 bits per heavy atom. The van der Waals surface area contributed by atoms with Gasteiger partial charge in [0.2, 0.25) is 10.0 Å². The molecule has 1 atom stereocenters. The minimum Gasteiger partial charge on any atom is -0.320 e. The van der Waals surface area contributed by atoms with Crippen molar-refractivity contribution >= 4 is 32.1 Å². The summed E-state index contributed by atoms with van der Waals surface area (Å²) in [4.78, 5) is 2.17. The second-order valence-electron chi connectivity index (χ2n) is 7.92. The lowest BCUT2D eigenvalue weighted by molar-refractivity contribution is 0.151. The fourth-order valence-electron chi connectivity index (χ4n) is 4.11. The second-order valence-corrected chi connectivity index (χ2v) is 12.7. The van der Waals surface area contributed by atoms with E-state index in [0.29, 0.717) is 37.6 Å². The summed E-state index contributed by atoms with van der Waals surface area (Å²) in [5.41, 5.74) is 2.12. The maximum Gasteiger partial charge on any atom is 0.218 e. The number of sulfonamides is 1. The first-order valence-electron chi connectivity index (χ1n) is 9.91. The summed E-state index contributed by atoms with van der Waals surface area (Å²) in [7, 11) is -4.87. The van der Waals surface area contributed by atoms with Crippen molar-refractivity contribution in [3.8, 4) is 11.3 Å². The largest absolute Gasteiger partial charge is 0.320 e. The Morgan fingerprint density at radius 3 is 2.37 bits per heavy atom. The summed E-state index contributed by atoms with van der Waals surface area (Å²) in [6.45, 7) is 2.48. The van der Waals surface area contributed by atoms with Crippen LogP contribution in [0.25, 0.3) is 11.3 Å². The molecule has 2 fully saturated rings. The summed E-state index contributed by atoms with van der Waals surface area (Å²) in [6, 6.07) is 10.0. The molecule has 30 heavy (non-hydrogen) atoms. The Morgan fingerprint density at radius 1 is 1.10 bits per heavy atom. The molecule has 0 N–H and O–H groups in total. The maximum absolute atomic E-state index is 12.8. The van der Waals surface area contributed by atoms with Crippen LogP contribution in [-0.4, -0.2) is 78.1 Å². The Kier molecular flexibility index (Phi) is 5.92. The van der Waals surface area contributed by atoms with Crippen LogP contribution in [0.4, 0.5) is 0 Å². The molecule has 0 saturated carbocycles. The van der Waals surface area contributed by atoms with Crippen LogP contribution in [0.1, 0.15) is 6.42 Å². The monoisotopic (exact) mass is 470 g/mol. The van der Waals surface area contributed by atoms with E-state index in [0.717, 1.165) is 11.3 Å². The number of sulfone groups is 1. The molecule has 11 heteroatoms. The van der Waals surface area contributed by atoms with Gasteiger partial charge in [-0.1, -0.05) is 30.3 Å². The molecule has 2 aliphatic rings. The van der Waals surface area contributed by atoms with E-state index in [1.54, 1.807) is 0 Å². The van der Waals surface area contributed by atoms with Gasteiger partial charge in [-0.3, -0.25) is 4.90 Å². The van der Waals surface area contributed by atoms with Crippen LogP contribution in [0.2, 0.25) is 0 Å². The first kappa shape index (κ1) is 21.7. The number of nitrogens with zero attached hydrogens (tertiary/aromatic N) is 4. The SMILES string of the molecule is Cn1c(-c2ccccc2)cn(CN2CCN(S(=O)(=O)[C@H]3CCS(=O)(=O)C3)CC2)c1=S. The molecular formula is C19H26N4O4S3. The van der Waals surface area contributed by atoms with E-state index in [1.807, 2.05) is 52.7 Å². The van der Waals surface area contributed by atoms with Gasteiger partial charge in [0.25, 0.3) is 0 Å². The normalized spacial score (nSPS) is 23.0. The summed E-state index contributed by atoms with van der Waals surface area (Å²) in [5, 5.41) is -0.801. The average Bonchev–Trinajstić information content (AvgIpc) is 3.23. The number of imidazole rings is 1. The Hall–Kier alpha value is -1.53. The maximum atomic E-state index is 12.8. The van der Waals surface area contributed by atoms with Crippen LogP contribution in [0.3, 0.4) is 0 Å². The molecule has 0 radical (unpaired) electrons. The Labute approximate surface area is 182 Å². The first-order valence-corrected chi connectivity index (χ1v) is 13.6. The van der Waals surface area contributed by atoms with Gasteiger partial charge in [0.05, 0.1) is 29.1 Å². The molecular weight excluding hydrogens is 444 g/mol. The standard InChI is InChI=1S/C19H26N4O4S3/c1-20-18(16-5-3-2-4-6-16)13-22(19(20)28)15-21-8-10-23(11-9-21)30(26,27)17-7-12-29(24,25)14-17/h2-6,13,17H,7-12,14-15H2,1H3/t17-/m0/s1. The third-order valence-electron chi connectivity index (χ3n) is 5.90. The molecule has 3 heterocycles. The van der Waals surface area contributed by atoms with Crippen LogP contribution >= 0.6 is 12.2 Å². The number of piperazine rings is 1. The summed E-state index contributed by atoms with van der Waals surface area (Å²) >= 11 is 5.60. The van der Waals surface area contributed by atoms with Crippen molar-refractivity contribution in [3.63, 3.8) is 0 Å². The molecule has 2 aliphatic heterocycles. The van der Waals surface area contributed by atoms with Crippen LogP contribution < -0.4 is 0 Å². The molecule has 1 aromatic carbocycles. The highest BCUT2D eigenvalue weighted by atomic mass is 32.2. The molecule has 8 nitrogen and oxygen atoms in total. The van der Waals surface area contributed by atoms with Crippen LogP contribution in [0.15, 0.2) is 36.5 Å². The van der Waals surface area contributed by atoms with E-state index < -0.39 is 25.1 Å². The quantitative estimate of drug-likeness (QED) is 0.613. The fraction of sp³-hybridized carbons (Fsp3) is 0.526.